The van der Waals surface area contributed by atoms with E-state index in [9.17, 15) is 4.39 Å². The van der Waals surface area contributed by atoms with E-state index in [1.54, 1.807) is 18.2 Å². The molecule has 2 rings (SSSR count). The molecule has 1 atom stereocenters. The van der Waals surface area contributed by atoms with E-state index in [0.29, 0.717) is 15.1 Å². The van der Waals surface area contributed by atoms with Crippen LogP contribution in [0.4, 0.5) is 4.39 Å². The number of hydrogen-bond donors (Lipinski definition) is 1. The highest BCUT2D eigenvalue weighted by molar-refractivity contribution is 9.10. The molecule has 0 aliphatic heterocycles. The molecule has 1 nitrogen and oxygen atoms in total. The van der Waals surface area contributed by atoms with Crippen molar-refractivity contribution in [3.05, 3.63) is 68.9 Å². The highest BCUT2D eigenvalue weighted by atomic mass is 79.9. The minimum atomic E-state index is -0.425. The van der Waals surface area contributed by atoms with E-state index >= 15 is 0 Å². The Kier molecular flexibility index (Phi) is 3.82. The molecule has 2 aromatic carbocycles. The van der Waals surface area contributed by atoms with E-state index in [2.05, 4.69) is 15.9 Å². The monoisotopic (exact) mass is 313 g/mol. The minimum absolute atomic E-state index is 0.329. The van der Waals surface area contributed by atoms with Crippen molar-refractivity contribution in [2.24, 2.45) is 5.73 Å². The van der Waals surface area contributed by atoms with Crippen LogP contribution in [0.2, 0.25) is 5.02 Å². The Bertz CT molecular complexity index is 545. The second-order valence-corrected chi connectivity index (χ2v) is 4.93. The lowest BCUT2D eigenvalue weighted by atomic mass is 9.99. The normalized spacial score (nSPS) is 12.5. The van der Waals surface area contributed by atoms with Crippen LogP contribution in [0, 0.1) is 5.82 Å². The molecule has 0 aliphatic rings. The van der Waals surface area contributed by atoms with Crippen LogP contribution in [0.15, 0.2) is 46.9 Å². The summed E-state index contributed by atoms with van der Waals surface area (Å²) < 4.78 is 13.8. The van der Waals surface area contributed by atoms with Crippen molar-refractivity contribution in [2.45, 2.75) is 6.04 Å². The standard InChI is InChI=1S/C13H10BrClFN/c14-10-6-5-8(7-12(10)16)13(17)9-3-1-2-4-11(9)15/h1-7,13H,17H2. The molecule has 1 unspecified atom stereocenters. The molecule has 0 heterocycles. The first-order valence-corrected chi connectivity index (χ1v) is 6.21. The quantitative estimate of drug-likeness (QED) is 0.879. The maximum absolute atomic E-state index is 13.4. The third kappa shape index (κ3) is 2.68. The van der Waals surface area contributed by atoms with Crippen LogP contribution in [0.1, 0.15) is 17.2 Å². The topological polar surface area (TPSA) is 26.0 Å². The average molecular weight is 315 g/mol. The molecule has 2 aromatic rings. The zero-order valence-corrected chi connectivity index (χ0v) is 11.2. The first kappa shape index (κ1) is 12.6. The molecule has 0 spiro atoms. The summed E-state index contributed by atoms with van der Waals surface area (Å²) in [5, 5.41) is 0.586. The van der Waals surface area contributed by atoms with Gasteiger partial charge in [-0.05, 0) is 45.3 Å². The van der Waals surface area contributed by atoms with Crippen LogP contribution in [0.5, 0.6) is 0 Å². The summed E-state index contributed by atoms with van der Waals surface area (Å²) >= 11 is 9.16. The molecule has 0 bridgehead atoms. The van der Waals surface area contributed by atoms with E-state index in [4.69, 9.17) is 17.3 Å². The molecule has 0 aromatic heterocycles. The third-order valence-corrected chi connectivity index (χ3v) is 3.53. The Morgan fingerprint density at radius 1 is 1.18 bits per heavy atom. The van der Waals surface area contributed by atoms with Crippen LogP contribution in [0.25, 0.3) is 0 Å². The van der Waals surface area contributed by atoms with Gasteiger partial charge in [-0.1, -0.05) is 35.9 Å². The van der Waals surface area contributed by atoms with Crippen molar-refractivity contribution in [1.29, 1.82) is 0 Å². The predicted octanol–water partition coefficient (Wildman–Crippen LogP) is 4.29. The average Bonchev–Trinajstić information content (AvgIpc) is 2.32. The number of benzene rings is 2. The highest BCUT2D eigenvalue weighted by Gasteiger charge is 2.13. The Morgan fingerprint density at radius 2 is 1.88 bits per heavy atom. The summed E-state index contributed by atoms with van der Waals surface area (Å²) in [4.78, 5) is 0. The van der Waals surface area contributed by atoms with Crippen LogP contribution >= 0.6 is 27.5 Å². The molecule has 17 heavy (non-hydrogen) atoms. The number of hydrogen-bond acceptors (Lipinski definition) is 1. The van der Waals surface area contributed by atoms with Gasteiger partial charge in [-0.2, -0.15) is 0 Å². The predicted molar refractivity (Wildman–Crippen MR) is 71.6 cm³/mol. The number of rotatable bonds is 2. The first-order valence-electron chi connectivity index (χ1n) is 5.04. The van der Waals surface area contributed by atoms with Gasteiger partial charge in [0, 0.05) is 5.02 Å². The lowest BCUT2D eigenvalue weighted by Crippen LogP contribution is -2.12. The Hall–Kier alpha value is -0.900. The van der Waals surface area contributed by atoms with E-state index in [0.717, 1.165) is 5.56 Å². The van der Waals surface area contributed by atoms with Crippen LogP contribution in [-0.4, -0.2) is 0 Å². The molecular formula is C13H10BrClFN. The number of nitrogens with two attached hydrogens (primary N) is 1. The van der Waals surface area contributed by atoms with Crippen LogP contribution < -0.4 is 5.73 Å². The van der Waals surface area contributed by atoms with Crippen LogP contribution in [0.3, 0.4) is 0 Å². The van der Waals surface area contributed by atoms with Gasteiger partial charge in [-0.15, -0.1) is 0 Å². The maximum Gasteiger partial charge on any atom is 0.137 e. The molecule has 0 aliphatic carbocycles. The van der Waals surface area contributed by atoms with Crippen molar-refractivity contribution in [3.8, 4) is 0 Å². The van der Waals surface area contributed by atoms with Gasteiger partial charge in [0.25, 0.3) is 0 Å². The Balaban J connectivity index is 2.40. The molecule has 4 heteroatoms. The summed E-state index contributed by atoms with van der Waals surface area (Å²) in [5.41, 5.74) is 7.55. The number of halogens is 3. The molecule has 88 valence electrons. The van der Waals surface area contributed by atoms with Gasteiger partial charge < -0.3 is 5.73 Å². The SMILES string of the molecule is NC(c1ccc(Br)c(F)c1)c1ccccc1Cl. The molecular weight excluding hydrogens is 305 g/mol. The van der Waals surface area contributed by atoms with Crippen molar-refractivity contribution >= 4 is 27.5 Å². The van der Waals surface area contributed by atoms with Gasteiger partial charge in [0.05, 0.1) is 10.5 Å². The second-order valence-electron chi connectivity index (χ2n) is 3.67. The van der Waals surface area contributed by atoms with Crippen LogP contribution in [-0.2, 0) is 0 Å². The van der Waals surface area contributed by atoms with Gasteiger partial charge >= 0.3 is 0 Å². The third-order valence-electron chi connectivity index (χ3n) is 2.54. The Labute approximate surface area is 113 Å². The summed E-state index contributed by atoms with van der Waals surface area (Å²) in [5.74, 6) is -0.329. The summed E-state index contributed by atoms with van der Waals surface area (Å²) in [6.07, 6.45) is 0. The van der Waals surface area contributed by atoms with Crippen molar-refractivity contribution in [2.75, 3.05) is 0 Å². The molecule has 0 saturated heterocycles. The molecule has 0 fully saturated rings. The minimum Gasteiger partial charge on any atom is -0.320 e. The fraction of sp³-hybridized carbons (Fsp3) is 0.0769. The van der Waals surface area contributed by atoms with Crippen molar-refractivity contribution in [3.63, 3.8) is 0 Å². The zero-order valence-electron chi connectivity index (χ0n) is 8.83. The molecule has 2 N–H and O–H groups in total. The summed E-state index contributed by atoms with van der Waals surface area (Å²) in [7, 11) is 0. The van der Waals surface area contributed by atoms with Gasteiger partial charge in [-0.3, -0.25) is 0 Å². The fourth-order valence-corrected chi connectivity index (χ4v) is 2.11. The molecule has 0 saturated carbocycles. The fourth-order valence-electron chi connectivity index (χ4n) is 1.61. The van der Waals surface area contributed by atoms with Gasteiger partial charge in [0.15, 0.2) is 0 Å². The zero-order chi connectivity index (χ0) is 12.4. The second kappa shape index (κ2) is 5.17. The van der Waals surface area contributed by atoms with Crippen molar-refractivity contribution in [1.82, 2.24) is 0 Å². The summed E-state index contributed by atoms with van der Waals surface area (Å²) in [6, 6.07) is 11.7. The summed E-state index contributed by atoms with van der Waals surface area (Å²) in [6.45, 7) is 0. The maximum atomic E-state index is 13.4. The lowest BCUT2D eigenvalue weighted by molar-refractivity contribution is 0.617. The van der Waals surface area contributed by atoms with E-state index in [1.807, 2.05) is 18.2 Å². The smallest absolute Gasteiger partial charge is 0.137 e. The van der Waals surface area contributed by atoms with E-state index in [1.165, 1.54) is 6.07 Å². The van der Waals surface area contributed by atoms with E-state index < -0.39 is 6.04 Å². The Morgan fingerprint density at radius 3 is 2.53 bits per heavy atom. The van der Waals surface area contributed by atoms with Gasteiger partial charge in [-0.25, -0.2) is 4.39 Å². The van der Waals surface area contributed by atoms with E-state index in [-0.39, 0.29) is 5.82 Å². The van der Waals surface area contributed by atoms with Gasteiger partial charge in [0.1, 0.15) is 5.82 Å². The van der Waals surface area contributed by atoms with Gasteiger partial charge in [0.2, 0.25) is 0 Å². The molecule has 0 amide bonds. The lowest BCUT2D eigenvalue weighted by Gasteiger charge is -2.14. The largest absolute Gasteiger partial charge is 0.320 e. The molecule has 0 radical (unpaired) electrons. The highest BCUT2D eigenvalue weighted by Crippen LogP contribution is 2.28. The first-order chi connectivity index (χ1) is 8.09. The van der Waals surface area contributed by atoms with Crippen molar-refractivity contribution < 1.29 is 4.39 Å².